The summed E-state index contributed by atoms with van der Waals surface area (Å²) in [4.78, 5) is 73.4. The minimum atomic E-state index is -1.47. The van der Waals surface area contributed by atoms with Crippen LogP contribution in [-0.2, 0) is 35.2 Å². The smallest absolute Gasteiger partial charge is 0.326 e. The highest BCUT2D eigenvalue weighted by Gasteiger charge is 2.30. The summed E-state index contributed by atoms with van der Waals surface area (Å²) in [6, 6.07) is 3.10. The molecule has 0 spiro atoms. The first kappa shape index (κ1) is 34.0. The minimum Gasteiger partial charge on any atom is -0.481 e. The molecular weight excluding hydrogens is 524 g/mol. The summed E-state index contributed by atoms with van der Waals surface area (Å²) in [5.74, 6) is -5.38. The van der Waals surface area contributed by atoms with E-state index in [0.717, 1.165) is 0 Å². The number of aliphatic carboxylic acids is 2. The lowest BCUT2D eigenvalue weighted by atomic mass is 10.0. The molecule has 14 heteroatoms. The van der Waals surface area contributed by atoms with Crippen LogP contribution in [0.2, 0.25) is 0 Å². The van der Waals surface area contributed by atoms with E-state index in [9.17, 15) is 33.9 Å². The molecule has 0 saturated heterocycles. The fourth-order valence-corrected chi connectivity index (χ4v) is 3.60. The Morgan fingerprint density at radius 3 is 1.88 bits per heavy atom. The average Bonchev–Trinajstić information content (AvgIpc) is 2.89. The van der Waals surface area contributed by atoms with Crippen LogP contribution in [0.1, 0.15) is 51.5 Å². The van der Waals surface area contributed by atoms with Gasteiger partial charge in [0.1, 0.15) is 24.2 Å². The van der Waals surface area contributed by atoms with Crippen LogP contribution in [0.5, 0.6) is 0 Å². The number of carbonyl (C=O) groups is 6. The first-order valence-corrected chi connectivity index (χ1v) is 13.0. The van der Waals surface area contributed by atoms with E-state index in [0.29, 0.717) is 24.9 Å². The predicted octanol–water partition coefficient (Wildman–Crippen LogP) is -1.39. The Kier molecular flexibility index (Phi) is 14.9. The number of nitrogens with two attached hydrogens (primary N) is 2. The van der Waals surface area contributed by atoms with Gasteiger partial charge in [-0.3, -0.25) is 24.0 Å². The molecule has 222 valence electrons. The van der Waals surface area contributed by atoms with E-state index in [-0.39, 0.29) is 19.3 Å². The van der Waals surface area contributed by atoms with Crippen LogP contribution in [0.4, 0.5) is 0 Å². The molecule has 0 aliphatic carbocycles. The van der Waals surface area contributed by atoms with Gasteiger partial charge in [-0.05, 0) is 51.6 Å². The lowest BCUT2D eigenvalue weighted by Crippen LogP contribution is -2.58. The third-order valence-electron chi connectivity index (χ3n) is 5.92. The van der Waals surface area contributed by atoms with E-state index in [1.165, 1.54) is 13.8 Å². The van der Waals surface area contributed by atoms with Gasteiger partial charge in [-0.2, -0.15) is 0 Å². The quantitative estimate of drug-likeness (QED) is 0.0970. The molecular formula is C26H40N6O8. The van der Waals surface area contributed by atoms with Gasteiger partial charge in [0.05, 0.1) is 6.04 Å². The van der Waals surface area contributed by atoms with Crippen molar-refractivity contribution >= 4 is 35.6 Å². The molecule has 4 amide bonds. The van der Waals surface area contributed by atoms with E-state index < -0.39 is 72.2 Å². The Morgan fingerprint density at radius 1 is 0.750 bits per heavy atom. The number of carboxylic acids is 2. The Labute approximate surface area is 232 Å². The van der Waals surface area contributed by atoms with Crippen LogP contribution in [0, 0.1) is 0 Å². The van der Waals surface area contributed by atoms with Crippen LogP contribution >= 0.6 is 0 Å². The van der Waals surface area contributed by atoms with Gasteiger partial charge in [0.2, 0.25) is 23.6 Å². The van der Waals surface area contributed by atoms with Crippen molar-refractivity contribution in [1.82, 2.24) is 21.3 Å². The zero-order chi connectivity index (χ0) is 30.2. The van der Waals surface area contributed by atoms with Crippen molar-refractivity contribution in [3.05, 3.63) is 35.9 Å². The number of carbonyl (C=O) groups excluding carboxylic acids is 4. The second-order valence-electron chi connectivity index (χ2n) is 9.45. The fraction of sp³-hybridized carbons (Fsp3) is 0.538. The molecule has 14 nitrogen and oxygen atoms in total. The van der Waals surface area contributed by atoms with Gasteiger partial charge in [-0.15, -0.1) is 0 Å². The zero-order valence-corrected chi connectivity index (χ0v) is 22.7. The van der Waals surface area contributed by atoms with Crippen LogP contribution in [0.25, 0.3) is 0 Å². The van der Waals surface area contributed by atoms with Crippen LogP contribution in [0.15, 0.2) is 30.3 Å². The highest BCUT2D eigenvalue weighted by atomic mass is 16.4. The standard InChI is InChI=1S/C26H40N6O8/c1-15(28)22(35)30-18(10-6-7-13-27)24(37)32-20(14-17-8-4-3-5-9-17)25(38)29-16(2)23(36)31-19(26(39)40)11-12-21(33)34/h3-5,8-9,15-16,18-20H,6-7,10-14,27-28H2,1-2H3,(H,29,38)(H,30,35)(H,31,36)(H,32,37)(H,33,34)(H,39,40)/t15-,16-,18-,19-,20-/m0/s1. The maximum Gasteiger partial charge on any atom is 0.326 e. The molecule has 0 heterocycles. The number of hydrogen-bond donors (Lipinski definition) is 8. The van der Waals surface area contributed by atoms with Crippen molar-refractivity contribution in [2.45, 2.75) is 82.6 Å². The SMILES string of the molecule is C[C@H](N)C(=O)N[C@@H](CCCCN)C(=O)N[C@@H](Cc1ccccc1)C(=O)N[C@@H](C)C(=O)N[C@@H](CCC(=O)O)C(=O)O. The van der Waals surface area contributed by atoms with E-state index in [4.69, 9.17) is 16.6 Å². The first-order valence-electron chi connectivity index (χ1n) is 13.0. The van der Waals surface area contributed by atoms with Crippen molar-refractivity contribution in [2.75, 3.05) is 6.54 Å². The summed E-state index contributed by atoms with van der Waals surface area (Å²) in [5.41, 5.74) is 11.9. The predicted molar refractivity (Wildman–Crippen MR) is 145 cm³/mol. The van der Waals surface area contributed by atoms with Gasteiger partial charge >= 0.3 is 11.9 Å². The number of nitrogens with one attached hydrogen (secondary N) is 4. The summed E-state index contributed by atoms with van der Waals surface area (Å²) in [6.45, 7) is 3.19. The highest BCUT2D eigenvalue weighted by molar-refractivity contribution is 5.95. The minimum absolute atomic E-state index is 0.0554. The van der Waals surface area contributed by atoms with E-state index >= 15 is 0 Å². The molecule has 0 fully saturated rings. The molecule has 0 saturated carbocycles. The van der Waals surface area contributed by atoms with Crippen molar-refractivity contribution in [3.63, 3.8) is 0 Å². The van der Waals surface area contributed by atoms with Crippen LogP contribution < -0.4 is 32.7 Å². The molecule has 10 N–H and O–H groups in total. The molecule has 0 unspecified atom stereocenters. The molecule has 0 aliphatic rings. The normalized spacial score (nSPS) is 14.5. The van der Waals surface area contributed by atoms with Crippen LogP contribution in [-0.4, -0.2) is 82.5 Å². The lowest BCUT2D eigenvalue weighted by Gasteiger charge is -2.25. The summed E-state index contributed by atoms with van der Waals surface area (Å²) < 4.78 is 0. The van der Waals surface area contributed by atoms with Crippen molar-refractivity contribution in [3.8, 4) is 0 Å². The topological polar surface area (TPSA) is 243 Å². The molecule has 1 aromatic carbocycles. The van der Waals surface area contributed by atoms with Gasteiger partial charge in [0.15, 0.2) is 0 Å². The largest absolute Gasteiger partial charge is 0.481 e. The number of benzene rings is 1. The van der Waals surface area contributed by atoms with Gasteiger partial charge in [0.25, 0.3) is 0 Å². The molecule has 0 aliphatic heterocycles. The molecule has 1 aromatic rings. The maximum absolute atomic E-state index is 13.2. The first-order chi connectivity index (χ1) is 18.8. The van der Waals surface area contributed by atoms with Crippen LogP contribution in [0.3, 0.4) is 0 Å². The van der Waals surface area contributed by atoms with Crippen molar-refractivity contribution in [1.29, 1.82) is 0 Å². The van der Waals surface area contributed by atoms with E-state index in [1.807, 2.05) is 0 Å². The molecule has 0 radical (unpaired) electrons. The monoisotopic (exact) mass is 564 g/mol. The summed E-state index contributed by atoms with van der Waals surface area (Å²) in [5, 5.41) is 28.0. The Hall–Kier alpha value is -4.04. The number of carboxylic acid groups (broad SMARTS) is 2. The average molecular weight is 565 g/mol. The second kappa shape index (κ2) is 17.5. The molecule has 40 heavy (non-hydrogen) atoms. The highest BCUT2D eigenvalue weighted by Crippen LogP contribution is 2.07. The van der Waals surface area contributed by atoms with E-state index in [2.05, 4.69) is 21.3 Å². The molecule has 0 aromatic heterocycles. The van der Waals surface area contributed by atoms with Gasteiger partial charge < -0.3 is 42.9 Å². The summed E-state index contributed by atoms with van der Waals surface area (Å²) >= 11 is 0. The van der Waals surface area contributed by atoms with Crippen molar-refractivity contribution in [2.24, 2.45) is 11.5 Å². The maximum atomic E-state index is 13.2. The number of hydrogen-bond acceptors (Lipinski definition) is 8. The number of rotatable bonds is 18. The molecule has 1 rings (SSSR count). The fourth-order valence-electron chi connectivity index (χ4n) is 3.60. The van der Waals surface area contributed by atoms with Gasteiger partial charge in [-0.25, -0.2) is 4.79 Å². The Morgan fingerprint density at radius 2 is 1.32 bits per heavy atom. The van der Waals surface area contributed by atoms with Gasteiger partial charge in [0, 0.05) is 12.8 Å². The Balaban J connectivity index is 3.04. The third kappa shape index (κ3) is 12.7. The lowest BCUT2D eigenvalue weighted by molar-refractivity contribution is -0.143. The van der Waals surface area contributed by atoms with E-state index in [1.54, 1.807) is 30.3 Å². The zero-order valence-electron chi connectivity index (χ0n) is 22.7. The molecule has 0 bridgehead atoms. The number of amides is 4. The summed E-state index contributed by atoms with van der Waals surface area (Å²) in [6.07, 6.45) is 0.639. The third-order valence-corrected chi connectivity index (χ3v) is 5.92. The second-order valence-corrected chi connectivity index (χ2v) is 9.45. The van der Waals surface area contributed by atoms with Crippen molar-refractivity contribution < 1.29 is 39.0 Å². The summed E-state index contributed by atoms with van der Waals surface area (Å²) in [7, 11) is 0. The number of unbranched alkanes of at least 4 members (excludes halogenated alkanes) is 1. The van der Waals surface area contributed by atoms with Gasteiger partial charge in [-0.1, -0.05) is 30.3 Å². The molecule has 5 atom stereocenters. The Bertz CT molecular complexity index is 1020.